The number of hydrogen-bond acceptors (Lipinski definition) is 4. The van der Waals surface area contributed by atoms with Crippen molar-refractivity contribution in [3.63, 3.8) is 0 Å². The Hall–Kier alpha value is -2.41. The van der Waals surface area contributed by atoms with E-state index in [9.17, 15) is 22.7 Å². The lowest BCUT2D eigenvalue weighted by Crippen LogP contribution is -2.22. The van der Waals surface area contributed by atoms with Gasteiger partial charge in [0.15, 0.2) is 0 Å². The largest absolute Gasteiger partial charge is 0.550 e. The van der Waals surface area contributed by atoms with Gasteiger partial charge in [-0.15, -0.1) is 0 Å². The van der Waals surface area contributed by atoms with Crippen LogP contribution in [0.3, 0.4) is 0 Å². The first-order valence-electron chi connectivity index (χ1n) is 6.86. The summed E-state index contributed by atoms with van der Waals surface area (Å²) in [6, 6.07) is 9.67. The number of rotatable bonds is 6. The standard InChI is InChI=1S/C16H16FNO4S/c1-11-2-6-13(17)10-15(11)18-23(21,22)14-7-3-12(4-8-14)5-9-16(19)20/h2-4,6-8,10,18H,5,9H2,1H3,(H,19,20)/p-1. The van der Waals surface area contributed by atoms with Gasteiger partial charge in [-0.2, -0.15) is 0 Å². The summed E-state index contributed by atoms with van der Waals surface area (Å²) in [4.78, 5) is 10.4. The minimum Gasteiger partial charge on any atom is -0.550 e. The monoisotopic (exact) mass is 336 g/mol. The van der Waals surface area contributed by atoms with E-state index < -0.39 is 21.8 Å². The smallest absolute Gasteiger partial charge is 0.261 e. The molecule has 122 valence electrons. The summed E-state index contributed by atoms with van der Waals surface area (Å²) in [5.41, 5.74) is 1.46. The molecule has 0 amide bonds. The molecule has 0 aromatic heterocycles. The van der Waals surface area contributed by atoms with Gasteiger partial charge >= 0.3 is 0 Å². The third-order valence-electron chi connectivity index (χ3n) is 3.30. The number of benzene rings is 2. The molecule has 0 heterocycles. The van der Waals surface area contributed by atoms with Crippen LogP contribution in [0.2, 0.25) is 0 Å². The van der Waals surface area contributed by atoms with Crippen LogP contribution in [0.25, 0.3) is 0 Å². The van der Waals surface area contributed by atoms with Crippen molar-refractivity contribution in [2.24, 2.45) is 0 Å². The van der Waals surface area contributed by atoms with E-state index >= 15 is 0 Å². The van der Waals surface area contributed by atoms with Crippen LogP contribution in [0.4, 0.5) is 10.1 Å². The van der Waals surface area contributed by atoms with E-state index in [1.54, 1.807) is 6.92 Å². The number of aryl methyl sites for hydroxylation is 2. The molecule has 0 atom stereocenters. The average molecular weight is 336 g/mol. The SMILES string of the molecule is Cc1ccc(F)cc1NS(=O)(=O)c1ccc(CCC(=O)[O-])cc1. The maximum absolute atomic E-state index is 13.2. The summed E-state index contributed by atoms with van der Waals surface area (Å²) >= 11 is 0. The van der Waals surface area contributed by atoms with E-state index in [0.29, 0.717) is 11.1 Å². The predicted octanol–water partition coefficient (Wildman–Crippen LogP) is 1.62. The van der Waals surface area contributed by atoms with Gasteiger partial charge in [0.25, 0.3) is 10.0 Å². The van der Waals surface area contributed by atoms with Gasteiger partial charge in [0.2, 0.25) is 0 Å². The van der Waals surface area contributed by atoms with Crippen LogP contribution in [0, 0.1) is 12.7 Å². The van der Waals surface area contributed by atoms with Gasteiger partial charge in [-0.1, -0.05) is 18.2 Å². The van der Waals surface area contributed by atoms with Gasteiger partial charge in [-0.25, -0.2) is 12.8 Å². The molecular weight excluding hydrogens is 321 g/mol. The lowest BCUT2D eigenvalue weighted by Gasteiger charge is -2.11. The number of nitrogens with one attached hydrogen (secondary N) is 1. The van der Waals surface area contributed by atoms with Crippen molar-refractivity contribution in [1.82, 2.24) is 0 Å². The van der Waals surface area contributed by atoms with Gasteiger partial charge in [0, 0.05) is 5.97 Å². The Balaban J connectivity index is 2.19. The van der Waals surface area contributed by atoms with E-state index in [0.717, 1.165) is 6.07 Å². The van der Waals surface area contributed by atoms with E-state index in [1.807, 2.05) is 0 Å². The average Bonchev–Trinajstić information content (AvgIpc) is 2.49. The molecule has 0 aliphatic heterocycles. The molecule has 2 rings (SSSR count). The van der Waals surface area contributed by atoms with Crippen molar-refractivity contribution in [2.75, 3.05) is 4.72 Å². The van der Waals surface area contributed by atoms with Crippen molar-refractivity contribution in [1.29, 1.82) is 0 Å². The zero-order valence-electron chi connectivity index (χ0n) is 12.4. The van der Waals surface area contributed by atoms with E-state index in [4.69, 9.17) is 0 Å². The van der Waals surface area contributed by atoms with Crippen LogP contribution in [-0.4, -0.2) is 14.4 Å². The minimum atomic E-state index is -3.85. The molecule has 0 aliphatic carbocycles. The number of anilines is 1. The molecule has 0 radical (unpaired) electrons. The quantitative estimate of drug-likeness (QED) is 0.868. The molecule has 1 N–H and O–H groups in total. The van der Waals surface area contributed by atoms with Gasteiger partial charge < -0.3 is 9.90 Å². The fraction of sp³-hybridized carbons (Fsp3) is 0.188. The maximum Gasteiger partial charge on any atom is 0.261 e. The van der Waals surface area contributed by atoms with E-state index in [1.165, 1.54) is 36.4 Å². The van der Waals surface area contributed by atoms with Crippen LogP contribution in [-0.2, 0) is 21.2 Å². The zero-order chi connectivity index (χ0) is 17.0. The maximum atomic E-state index is 13.2. The van der Waals surface area contributed by atoms with E-state index in [-0.39, 0.29) is 23.4 Å². The number of aliphatic carboxylic acids is 1. The number of sulfonamides is 1. The molecule has 2 aromatic carbocycles. The van der Waals surface area contributed by atoms with Crippen molar-refractivity contribution in [3.8, 4) is 0 Å². The van der Waals surface area contributed by atoms with Crippen molar-refractivity contribution in [3.05, 3.63) is 59.4 Å². The molecule has 0 spiro atoms. The molecule has 0 fully saturated rings. The summed E-state index contributed by atoms with van der Waals surface area (Å²) in [6.07, 6.45) is 0.131. The normalized spacial score (nSPS) is 11.2. The topological polar surface area (TPSA) is 86.3 Å². The summed E-state index contributed by atoms with van der Waals surface area (Å²) < 4.78 is 40.2. The summed E-state index contributed by atoms with van der Waals surface area (Å²) in [6.45, 7) is 1.67. The van der Waals surface area contributed by atoms with Crippen LogP contribution < -0.4 is 9.83 Å². The summed E-state index contributed by atoms with van der Waals surface area (Å²) in [7, 11) is -3.85. The third kappa shape index (κ3) is 4.53. The highest BCUT2D eigenvalue weighted by molar-refractivity contribution is 7.92. The van der Waals surface area contributed by atoms with Crippen LogP contribution in [0.15, 0.2) is 47.4 Å². The number of halogens is 1. The lowest BCUT2D eigenvalue weighted by atomic mass is 10.1. The lowest BCUT2D eigenvalue weighted by molar-refractivity contribution is -0.305. The van der Waals surface area contributed by atoms with Crippen molar-refractivity contribution in [2.45, 2.75) is 24.7 Å². The second-order valence-corrected chi connectivity index (χ2v) is 6.76. The second kappa shape index (κ2) is 6.78. The fourth-order valence-corrected chi connectivity index (χ4v) is 3.11. The molecule has 5 nitrogen and oxygen atoms in total. The van der Waals surface area contributed by atoms with Gasteiger partial charge in [0.05, 0.1) is 10.6 Å². The number of carboxylic acids is 1. The second-order valence-electron chi connectivity index (χ2n) is 5.08. The number of carbonyl (C=O) groups excluding carboxylic acids is 1. The van der Waals surface area contributed by atoms with Gasteiger partial charge in [-0.3, -0.25) is 4.72 Å². The highest BCUT2D eigenvalue weighted by Crippen LogP contribution is 2.21. The van der Waals surface area contributed by atoms with E-state index in [2.05, 4.69) is 4.72 Å². The Morgan fingerprint density at radius 1 is 1.17 bits per heavy atom. The van der Waals surface area contributed by atoms with Gasteiger partial charge in [-0.05, 0) is 55.2 Å². The van der Waals surface area contributed by atoms with Crippen LogP contribution in [0.1, 0.15) is 17.5 Å². The highest BCUT2D eigenvalue weighted by atomic mass is 32.2. The summed E-state index contributed by atoms with van der Waals surface area (Å²) in [5.74, 6) is -1.70. The Labute approximate surface area is 133 Å². The molecule has 0 unspecified atom stereocenters. The molecule has 7 heteroatoms. The highest BCUT2D eigenvalue weighted by Gasteiger charge is 2.15. The van der Waals surface area contributed by atoms with Crippen molar-refractivity contribution >= 4 is 21.7 Å². The third-order valence-corrected chi connectivity index (χ3v) is 4.68. The Morgan fingerprint density at radius 2 is 1.83 bits per heavy atom. The Bertz CT molecular complexity index is 816. The Kier molecular flexibility index (Phi) is 5.00. The molecule has 0 bridgehead atoms. The fourth-order valence-electron chi connectivity index (χ4n) is 1.99. The predicted molar refractivity (Wildman–Crippen MR) is 81.7 cm³/mol. The zero-order valence-corrected chi connectivity index (χ0v) is 13.2. The van der Waals surface area contributed by atoms with Crippen LogP contribution in [0.5, 0.6) is 0 Å². The molecule has 0 saturated heterocycles. The first kappa shape index (κ1) is 17.0. The van der Waals surface area contributed by atoms with Crippen molar-refractivity contribution < 1.29 is 22.7 Å². The molecule has 23 heavy (non-hydrogen) atoms. The van der Waals surface area contributed by atoms with Crippen LogP contribution >= 0.6 is 0 Å². The minimum absolute atomic E-state index is 0.0124. The molecule has 0 saturated carbocycles. The summed E-state index contributed by atoms with van der Waals surface area (Å²) in [5, 5.41) is 10.4. The Morgan fingerprint density at radius 3 is 2.43 bits per heavy atom. The first-order valence-corrected chi connectivity index (χ1v) is 8.34. The molecule has 2 aromatic rings. The molecule has 0 aliphatic rings. The number of carboxylic acid groups (broad SMARTS) is 1. The number of hydrogen-bond donors (Lipinski definition) is 1. The van der Waals surface area contributed by atoms with Gasteiger partial charge in [0.1, 0.15) is 5.82 Å². The first-order chi connectivity index (χ1) is 10.8. The molecular formula is C16H15FNO4S-. The number of carbonyl (C=O) groups is 1.